The van der Waals surface area contributed by atoms with E-state index >= 15 is 0 Å². The fraction of sp³-hybridized carbons (Fsp3) is 0.200. The predicted molar refractivity (Wildman–Crippen MR) is 56.2 cm³/mol. The fourth-order valence-corrected chi connectivity index (χ4v) is 0.772. The van der Waals surface area contributed by atoms with Crippen LogP contribution in [0, 0.1) is 0 Å². The first kappa shape index (κ1) is 9.45. The number of nitrogens with zero attached hydrogens (tertiary/aromatic N) is 3. The highest BCUT2D eigenvalue weighted by molar-refractivity contribution is 5.79. The monoisotopic (exact) mass is 175 g/mol. The molecule has 68 valence electrons. The summed E-state index contributed by atoms with van der Waals surface area (Å²) in [5.74, 6) is 0. The largest absolute Gasteiger partial charge is 0.367 e. The average Bonchev–Trinajstić information content (AvgIpc) is 2.14. The minimum Gasteiger partial charge on any atom is -0.367 e. The molecule has 0 amide bonds. The normalized spacial score (nSPS) is 11.2. The van der Waals surface area contributed by atoms with Gasteiger partial charge in [-0.2, -0.15) is 5.10 Å². The third kappa shape index (κ3) is 4.06. The Hall–Kier alpha value is -1.64. The van der Waals surface area contributed by atoms with E-state index in [2.05, 4.69) is 10.2 Å². The third-order valence-corrected chi connectivity index (χ3v) is 1.36. The predicted octanol–water partition coefficient (Wildman–Crippen LogP) is 1.61. The van der Waals surface area contributed by atoms with Gasteiger partial charge in [0.1, 0.15) is 6.34 Å². The molecule has 0 heterocycles. The van der Waals surface area contributed by atoms with Crippen LogP contribution < -0.4 is 0 Å². The van der Waals surface area contributed by atoms with Gasteiger partial charge in [0.2, 0.25) is 0 Å². The summed E-state index contributed by atoms with van der Waals surface area (Å²) in [4.78, 5) is 1.84. The second kappa shape index (κ2) is 5.09. The van der Waals surface area contributed by atoms with Crippen LogP contribution in [0.25, 0.3) is 0 Å². The van der Waals surface area contributed by atoms with Crippen LogP contribution in [-0.4, -0.2) is 31.5 Å². The van der Waals surface area contributed by atoms with Gasteiger partial charge in [-0.25, -0.2) is 0 Å². The number of hydrogen-bond donors (Lipinski definition) is 0. The molecule has 0 N–H and O–H groups in total. The van der Waals surface area contributed by atoms with Crippen LogP contribution >= 0.6 is 0 Å². The summed E-state index contributed by atoms with van der Waals surface area (Å²) in [7, 11) is 3.81. The second-order valence-electron chi connectivity index (χ2n) is 2.85. The summed E-state index contributed by atoms with van der Waals surface area (Å²) in [5, 5.41) is 7.72. The van der Waals surface area contributed by atoms with Crippen LogP contribution in [0.15, 0.2) is 40.5 Å². The zero-order valence-corrected chi connectivity index (χ0v) is 7.88. The molecule has 0 aromatic heterocycles. The zero-order chi connectivity index (χ0) is 9.52. The van der Waals surface area contributed by atoms with Crippen LogP contribution in [0.4, 0.5) is 0 Å². The smallest absolute Gasteiger partial charge is 0.113 e. The molecule has 0 aliphatic carbocycles. The van der Waals surface area contributed by atoms with E-state index in [1.165, 1.54) is 0 Å². The third-order valence-electron chi connectivity index (χ3n) is 1.36. The average molecular weight is 175 g/mol. The summed E-state index contributed by atoms with van der Waals surface area (Å²) in [6.07, 6.45) is 3.37. The van der Waals surface area contributed by atoms with E-state index in [9.17, 15) is 0 Å². The molecule has 0 saturated carbocycles. The molecular weight excluding hydrogens is 162 g/mol. The Kier molecular flexibility index (Phi) is 3.70. The van der Waals surface area contributed by atoms with Gasteiger partial charge in [0.25, 0.3) is 0 Å². The first-order valence-corrected chi connectivity index (χ1v) is 4.07. The van der Waals surface area contributed by atoms with Crippen molar-refractivity contribution in [3.63, 3.8) is 0 Å². The topological polar surface area (TPSA) is 28.0 Å². The second-order valence-corrected chi connectivity index (χ2v) is 2.85. The highest BCUT2D eigenvalue weighted by Crippen LogP contribution is 1.93. The molecule has 0 aliphatic rings. The Balaban J connectivity index is 2.50. The van der Waals surface area contributed by atoms with Crippen molar-refractivity contribution in [1.82, 2.24) is 4.90 Å². The van der Waals surface area contributed by atoms with E-state index in [-0.39, 0.29) is 0 Å². The van der Waals surface area contributed by atoms with E-state index in [1.54, 1.807) is 12.6 Å². The maximum absolute atomic E-state index is 3.88. The van der Waals surface area contributed by atoms with Crippen LogP contribution in [0.5, 0.6) is 0 Å². The minimum atomic E-state index is 1.05. The molecule has 13 heavy (non-hydrogen) atoms. The lowest BCUT2D eigenvalue weighted by Gasteiger charge is -1.98. The van der Waals surface area contributed by atoms with Gasteiger partial charge in [-0.3, -0.25) is 0 Å². The Morgan fingerprint density at radius 3 is 2.38 bits per heavy atom. The van der Waals surface area contributed by atoms with E-state index in [1.807, 2.05) is 49.3 Å². The quantitative estimate of drug-likeness (QED) is 0.389. The standard InChI is InChI=1S/C10H13N3/c1-13(2)9-12-11-8-10-6-4-3-5-7-10/h3-9H,1-2H3/b11-8-,12-9+. The number of rotatable bonds is 3. The summed E-state index contributed by atoms with van der Waals surface area (Å²) < 4.78 is 0. The Morgan fingerprint density at radius 1 is 1.08 bits per heavy atom. The van der Waals surface area contributed by atoms with Crippen molar-refractivity contribution in [3.8, 4) is 0 Å². The molecule has 0 spiro atoms. The van der Waals surface area contributed by atoms with Crippen molar-refractivity contribution < 1.29 is 0 Å². The lowest BCUT2D eigenvalue weighted by Crippen LogP contribution is -2.06. The van der Waals surface area contributed by atoms with Gasteiger partial charge in [-0.15, -0.1) is 5.10 Å². The van der Waals surface area contributed by atoms with Crippen molar-refractivity contribution in [2.45, 2.75) is 0 Å². The van der Waals surface area contributed by atoms with E-state index < -0.39 is 0 Å². The van der Waals surface area contributed by atoms with Crippen LogP contribution in [0.3, 0.4) is 0 Å². The van der Waals surface area contributed by atoms with Gasteiger partial charge < -0.3 is 4.90 Å². The zero-order valence-electron chi connectivity index (χ0n) is 7.88. The van der Waals surface area contributed by atoms with Gasteiger partial charge in [-0.1, -0.05) is 30.3 Å². The lowest BCUT2D eigenvalue weighted by atomic mass is 10.2. The van der Waals surface area contributed by atoms with Crippen LogP contribution in [0.1, 0.15) is 5.56 Å². The van der Waals surface area contributed by atoms with E-state index in [0.717, 1.165) is 5.56 Å². The van der Waals surface area contributed by atoms with E-state index in [4.69, 9.17) is 0 Å². The molecule has 0 aliphatic heterocycles. The molecule has 1 rings (SSSR count). The highest BCUT2D eigenvalue weighted by atomic mass is 15.3. The SMILES string of the molecule is CN(C)/C=N/N=C\c1ccccc1. The molecule has 1 aromatic carbocycles. The molecule has 0 unspecified atom stereocenters. The fourth-order valence-electron chi connectivity index (χ4n) is 0.772. The Morgan fingerprint density at radius 2 is 1.77 bits per heavy atom. The maximum atomic E-state index is 3.88. The number of benzene rings is 1. The van der Waals surface area contributed by atoms with E-state index in [0.29, 0.717) is 0 Å². The van der Waals surface area contributed by atoms with Gasteiger partial charge >= 0.3 is 0 Å². The first-order valence-electron chi connectivity index (χ1n) is 4.07. The lowest BCUT2D eigenvalue weighted by molar-refractivity contribution is 0.640. The molecule has 3 nitrogen and oxygen atoms in total. The Bertz CT molecular complexity index is 288. The van der Waals surface area contributed by atoms with Gasteiger partial charge in [0, 0.05) is 14.1 Å². The van der Waals surface area contributed by atoms with Crippen molar-refractivity contribution in [2.24, 2.45) is 10.2 Å². The van der Waals surface area contributed by atoms with Crippen LogP contribution in [0.2, 0.25) is 0 Å². The van der Waals surface area contributed by atoms with Crippen molar-refractivity contribution in [1.29, 1.82) is 0 Å². The summed E-state index contributed by atoms with van der Waals surface area (Å²) in [6, 6.07) is 9.87. The molecule has 0 atom stereocenters. The summed E-state index contributed by atoms with van der Waals surface area (Å²) in [6.45, 7) is 0. The molecule has 0 radical (unpaired) electrons. The summed E-state index contributed by atoms with van der Waals surface area (Å²) in [5.41, 5.74) is 1.05. The highest BCUT2D eigenvalue weighted by Gasteiger charge is 1.81. The minimum absolute atomic E-state index is 1.05. The van der Waals surface area contributed by atoms with Gasteiger partial charge in [0.05, 0.1) is 6.21 Å². The maximum Gasteiger partial charge on any atom is 0.113 e. The molecule has 0 bridgehead atoms. The van der Waals surface area contributed by atoms with Crippen molar-refractivity contribution in [3.05, 3.63) is 35.9 Å². The van der Waals surface area contributed by atoms with Crippen LogP contribution in [-0.2, 0) is 0 Å². The van der Waals surface area contributed by atoms with Crippen molar-refractivity contribution in [2.75, 3.05) is 14.1 Å². The van der Waals surface area contributed by atoms with Crippen molar-refractivity contribution >= 4 is 12.6 Å². The number of hydrogen-bond acceptors (Lipinski definition) is 2. The Labute approximate surface area is 78.4 Å². The molecule has 0 saturated heterocycles. The molecule has 3 heteroatoms. The molecular formula is C10H13N3. The van der Waals surface area contributed by atoms with Gasteiger partial charge in [0.15, 0.2) is 0 Å². The summed E-state index contributed by atoms with van der Waals surface area (Å²) >= 11 is 0. The molecule has 1 aromatic rings. The van der Waals surface area contributed by atoms with Gasteiger partial charge in [-0.05, 0) is 5.56 Å². The first-order chi connectivity index (χ1) is 6.29. The molecule has 0 fully saturated rings.